The number of nitrogens with zero attached hydrogens (tertiary/aromatic N) is 2. The van der Waals surface area contributed by atoms with Gasteiger partial charge in [-0.15, -0.1) is 0 Å². The summed E-state index contributed by atoms with van der Waals surface area (Å²) < 4.78 is 24.1. The Hall–Kier alpha value is -2.76. The van der Waals surface area contributed by atoms with E-state index in [1.165, 1.54) is 12.1 Å². The van der Waals surface area contributed by atoms with Crippen LogP contribution in [0.4, 0.5) is 4.39 Å². The molecule has 0 radical (unpaired) electrons. The second-order valence-corrected chi connectivity index (χ2v) is 5.54. The van der Waals surface area contributed by atoms with E-state index in [0.717, 1.165) is 11.1 Å². The van der Waals surface area contributed by atoms with Crippen LogP contribution >= 0.6 is 0 Å². The molecule has 2 rings (SSSR count). The summed E-state index contributed by atoms with van der Waals surface area (Å²) in [6.07, 6.45) is 0. The van der Waals surface area contributed by atoms with Crippen LogP contribution in [0.15, 0.2) is 47.5 Å². The standard InChI is InChI=1S/C19H24FN3O2/c1-21-19(23(2)13-14-7-5-9-16(20)11-14)22-12-15-8-6-10-17(24-3)18(15)25-4/h5-11H,12-13H2,1-4H3,(H,21,22). The van der Waals surface area contributed by atoms with Crippen LogP contribution in [-0.4, -0.2) is 39.2 Å². The summed E-state index contributed by atoms with van der Waals surface area (Å²) >= 11 is 0. The third-order valence-electron chi connectivity index (χ3n) is 3.80. The number of aliphatic imine (C=N–C) groups is 1. The van der Waals surface area contributed by atoms with Gasteiger partial charge in [-0.1, -0.05) is 24.3 Å². The number of guanidine groups is 1. The van der Waals surface area contributed by atoms with Gasteiger partial charge in [-0.3, -0.25) is 4.99 Å². The highest BCUT2D eigenvalue weighted by atomic mass is 19.1. The molecule has 0 fully saturated rings. The summed E-state index contributed by atoms with van der Waals surface area (Å²) in [5, 5.41) is 3.29. The van der Waals surface area contributed by atoms with E-state index in [2.05, 4.69) is 10.3 Å². The number of hydrogen-bond donors (Lipinski definition) is 1. The minimum absolute atomic E-state index is 0.241. The third-order valence-corrected chi connectivity index (χ3v) is 3.80. The number of benzene rings is 2. The molecule has 25 heavy (non-hydrogen) atoms. The number of para-hydroxylation sites is 1. The Morgan fingerprint density at radius 1 is 1.16 bits per heavy atom. The zero-order chi connectivity index (χ0) is 18.2. The Balaban J connectivity index is 2.05. The second kappa shape index (κ2) is 8.92. The maximum Gasteiger partial charge on any atom is 0.193 e. The smallest absolute Gasteiger partial charge is 0.193 e. The molecule has 0 saturated carbocycles. The molecular weight excluding hydrogens is 321 g/mol. The van der Waals surface area contributed by atoms with Crippen LogP contribution in [0.2, 0.25) is 0 Å². The largest absolute Gasteiger partial charge is 0.493 e. The Labute approximate surface area is 148 Å². The fourth-order valence-electron chi connectivity index (χ4n) is 2.64. The van der Waals surface area contributed by atoms with Crippen LogP contribution < -0.4 is 14.8 Å². The lowest BCUT2D eigenvalue weighted by atomic mass is 10.2. The maximum atomic E-state index is 13.3. The van der Waals surface area contributed by atoms with Crippen LogP contribution in [0.5, 0.6) is 11.5 Å². The molecule has 0 heterocycles. The van der Waals surface area contributed by atoms with Crippen molar-refractivity contribution in [3.05, 3.63) is 59.4 Å². The van der Waals surface area contributed by atoms with Gasteiger partial charge in [0.15, 0.2) is 17.5 Å². The third kappa shape index (κ3) is 4.86. The second-order valence-electron chi connectivity index (χ2n) is 5.54. The van der Waals surface area contributed by atoms with E-state index < -0.39 is 0 Å². The zero-order valence-electron chi connectivity index (χ0n) is 15.0. The molecule has 2 aromatic carbocycles. The fourth-order valence-corrected chi connectivity index (χ4v) is 2.64. The van der Waals surface area contributed by atoms with Gasteiger partial charge in [-0.2, -0.15) is 0 Å². The van der Waals surface area contributed by atoms with Gasteiger partial charge in [0.2, 0.25) is 0 Å². The number of methoxy groups -OCH3 is 2. The molecule has 0 saturated heterocycles. The van der Waals surface area contributed by atoms with E-state index in [1.807, 2.05) is 36.2 Å². The van der Waals surface area contributed by atoms with E-state index in [0.29, 0.717) is 30.5 Å². The van der Waals surface area contributed by atoms with Crippen LogP contribution in [0.3, 0.4) is 0 Å². The lowest BCUT2D eigenvalue weighted by Crippen LogP contribution is -2.38. The molecule has 0 aliphatic carbocycles. The van der Waals surface area contributed by atoms with E-state index in [9.17, 15) is 4.39 Å². The molecular formula is C19H24FN3O2. The molecule has 6 heteroatoms. The molecule has 0 unspecified atom stereocenters. The van der Waals surface area contributed by atoms with Crippen molar-refractivity contribution >= 4 is 5.96 Å². The molecule has 5 nitrogen and oxygen atoms in total. The van der Waals surface area contributed by atoms with Crippen molar-refractivity contribution in [3.63, 3.8) is 0 Å². The number of ether oxygens (including phenoxy) is 2. The number of hydrogen-bond acceptors (Lipinski definition) is 3. The Bertz CT molecular complexity index is 734. The van der Waals surface area contributed by atoms with Gasteiger partial charge in [0.25, 0.3) is 0 Å². The number of nitrogens with one attached hydrogen (secondary N) is 1. The van der Waals surface area contributed by atoms with Crippen molar-refractivity contribution in [1.82, 2.24) is 10.2 Å². The first-order valence-corrected chi connectivity index (χ1v) is 7.95. The average molecular weight is 345 g/mol. The van der Waals surface area contributed by atoms with E-state index >= 15 is 0 Å². The molecule has 1 N–H and O–H groups in total. The quantitative estimate of drug-likeness (QED) is 0.646. The Morgan fingerprint density at radius 2 is 1.92 bits per heavy atom. The summed E-state index contributed by atoms with van der Waals surface area (Å²) in [5.41, 5.74) is 1.84. The van der Waals surface area contributed by atoms with Gasteiger partial charge < -0.3 is 19.7 Å². The van der Waals surface area contributed by atoms with E-state index in [1.54, 1.807) is 27.3 Å². The minimum Gasteiger partial charge on any atom is -0.493 e. The predicted molar refractivity (Wildman–Crippen MR) is 97.6 cm³/mol. The molecule has 0 aliphatic rings. The van der Waals surface area contributed by atoms with Crippen LogP contribution in [0.1, 0.15) is 11.1 Å². The van der Waals surface area contributed by atoms with Gasteiger partial charge in [0, 0.05) is 32.7 Å². The molecule has 134 valence electrons. The van der Waals surface area contributed by atoms with Crippen LogP contribution in [-0.2, 0) is 13.1 Å². The van der Waals surface area contributed by atoms with Crippen molar-refractivity contribution in [2.24, 2.45) is 4.99 Å². The monoisotopic (exact) mass is 345 g/mol. The SMILES string of the molecule is CN=C(NCc1cccc(OC)c1OC)N(C)Cc1cccc(F)c1. The van der Waals surface area contributed by atoms with Gasteiger partial charge in [-0.05, 0) is 23.8 Å². The molecule has 0 amide bonds. The normalized spacial score (nSPS) is 11.2. The average Bonchev–Trinajstić information content (AvgIpc) is 2.61. The lowest BCUT2D eigenvalue weighted by molar-refractivity contribution is 0.351. The van der Waals surface area contributed by atoms with E-state index in [-0.39, 0.29) is 5.82 Å². The van der Waals surface area contributed by atoms with Gasteiger partial charge in [-0.25, -0.2) is 4.39 Å². The minimum atomic E-state index is -0.241. The topological polar surface area (TPSA) is 46.1 Å². The number of halogens is 1. The molecule has 0 bridgehead atoms. The number of rotatable bonds is 6. The summed E-state index contributed by atoms with van der Waals surface area (Å²) in [4.78, 5) is 6.22. The summed E-state index contributed by atoms with van der Waals surface area (Å²) in [6, 6.07) is 12.3. The van der Waals surface area contributed by atoms with Crippen molar-refractivity contribution in [1.29, 1.82) is 0 Å². The molecule has 0 aliphatic heterocycles. The molecule has 0 spiro atoms. The zero-order valence-corrected chi connectivity index (χ0v) is 15.0. The molecule has 0 atom stereocenters. The van der Waals surface area contributed by atoms with Crippen LogP contribution in [0, 0.1) is 5.82 Å². The Morgan fingerprint density at radius 3 is 2.56 bits per heavy atom. The Kier molecular flexibility index (Phi) is 6.62. The lowest BCUT2D eigenvalue weighted by Gasteiger charge is -2.23. The molecule has 2 aromatic rings. The first-order valence-electron chi connectivity index (χ1n) is 7.95. The predicted octanol–water partition coefficient (Wildman–Crippen LogP) is 3.05. The van der Waals surface area contributed by atoms with Crippen molar-refractivity contribution < 1.29 is 13.9 Å². The van der Waals surface area contributed by atoms with Gasteiger partial charge >= 0.3 is 0 Å². The first-order chi connectivity index (χ1) is 12.1. The maximum absolute atomic E-state index is 13.3. The highest BCUT2D eigenvalue weighted by molar-refractivity contribution is 5.79. The summed E-state index contributed by atoms with van der Waals surface area (Å²) in [5.74, 6) is 1.84. The first kappa shape index (κ1) is 18.6. The van der Waals surface area contributed by atoms with Crippen molar-refractivity contribution in [3.8, 4) is 11.5 Å². The summed E-state index contributed by atoms with van der Waals surface area (Å²) in [6.45, 7) is 1.08. The fraction of sp³-hybridized carbons (Fsp3) is 0.316. The summed E-state index contributed by atoms with van der Waals surface area (Å²) in [7, 11) is 6.85. The van der Waals surface area contributed by atoms with Crippen molar-refractivity contribution in [2.75, 3.05) is 28.3 Å². The van der Waals surface area contributed by atoms with Crippen LogP contribution in [0.25, 0.3) is 0 Å². The van der Waals surface area contributed by atoms with Gasteiger partial charge in [0.05, 0.1) is 14.2 Å². The highest BCUT2D eigenvalue weighted by Crippen LogP contribution is 2.30. The van der Waals surface area contributed by atoms with Crippen molar-refractivity contribution in [2.45, 2.75) is 13.1 Å². The van der Waals surface area contributed by atoms with Gasteiger partial charge in [0.1, 0.15) is 5.82 Å². The van der Waals surface area contributed by atoms with E-state index in [4.69, 9.17) is 9.47 Å². The molecule has 0 aromatic heterocycles. The highest BCUT2D eigenvalue weighted by Gasteiger charge is 2.12.